The second kappa shape index (κ2) is 18.4. The van der Waals surface area contributed by atoms with Crippen molar-refractivity contribution >= 4 is 35.6 Å². The molecule has 0 aliphatic rings. The molecule has 3 amide bonds. The molecule has 0 spiro atoms. The molecule has 15 N–H and O–H groups in total. The summed E-state index contributed by atoms with van der Waals surface area (Å²) in [5, 5.41) is 17.5. The van der Waals surface area contributed by atoms with E-state index in [0.717, 1.165) is 0 Å². The minimum Gasteiger partial charge on any atom is -0.480 e. The van der Waals surface area contributed by atoms with Gasteiger partial charge in [0.25, 0.3) is 0 Å². The molecule has 1 aromatic heterocycles. The fourth-order valence-corrected chi connectivity index (χ4v) is 4.14. The third-order valence-electron chi connectivity index (χ3n) is 6.39. The normalized spacial score (nSPS) is 13.4. The van der Waals surface area contributed by atoms with Crippen LogP contribution in [0, 0.1) is 0 Å². The number of nitrogens with one attached hydrogen (secondary N) is 4. The van der Waals surface area contributed by atoms with E-state index >= 15 is 0 Å². The highest BCUT2D eigenvalue weighted by Gasteiger charge is 2.30. The molecular weight excluding hydrogens is 572 g/mol. The summed E-state index contributed by atoms with van der Waals surface area (Å²) in [6.45, 7) is 0.367. The van der Waals surface area contributed by atoms with Gasteiger partial charge in [0.2, 0.25) is 17.7 Å². The van der Waals surface area contributed by atoms with Crippen LogP contribution in [0.4, 0.5) is 0 Å². The van der Waals surface area contributed by atoms with Crippen LogP contribution in [-0.4, -0.2) is 87.9 Å². The van der Waals surface area contributed by atoms with E-state index in [0.29, 0.717) is 17.7 Å². The fourth-order valence-electron chi connectivity index (χ4n) is 4.14. The van der Waals surface area contributed by atoms with Crippen LogP contribution in [0.3, 0.4) is 0 Å². The summed E-state index contributed by atoms with van der Waals surface area (Å²) >= 11 is 0. The Morgan fingerprint density at radius 3 is 1.89 bits per heavy atom. The Bertz CT molecular complexity index is 1260. The van der Waals surface area contributed by atoms with Gasteiger partial charge in [-0.3, -0.25) is 24.4 Å². The average Bonchev–Trinajstić information content (AvgIpc) is 3.48. The number of carboxylic acids is 1. The van der Waals surface area contributed by atoms with Gasteiger partial charge in [0, 0.05) is 37.8 Å². The minimum atomic E-state index is -1.26. The van der Waals surface area contributed by atoms with Gasteiger partial charge in [0.05, 0.1) is 12.4 Å². The standard InChI is InChI=1S/C27H42N12O5/c28-18(13-17-14-33-15-36-17)22(40)37-19(8-4-10-34-26(29)30)23(41)39-21(12-16-6-2-1-3-7-16)24(42)38-20(25(43)44)9-5-11-35-27(31)32/h1-3,6-7,14-15,18-21H,4-5,8-13,28H2,(H,33,36)(H,37,40)(H,38,42)(H,39,41)(H,43,44)(H4,29,30,34)(H4,31,32,35). The minimum absolute atomic E-state index is 0.0432. The second-order valence-electron chi connectivity index (χ2n) is 10.00. The molecule has 0 saturated heterocycles. The van der Waals surface area contributed by atoms with E-state index in [4.69, 9.17) is 28.7 Å². The van der Waals surface area contributed by atoms with Crippen LogP contribution in [0.5, 0.6) is 0 Å². The van der Waals surface area contributed by atoms with Gasteiger partial charge in [0.15, 0.2) is 11.9 Å². The van der Waals surface area contributed by atoms with Gasteiger partial charge in [0.1, 0.15) is 18.1 Å². The number of hydrogen-bond donors (Lipinski definition) is 10. The first-order chi connectivity index (χ1) is 21.0. The summed E-state index contributed by atoms with van der Waals surface area (Å²) in [6, 6.07) is 4.31. The van der Waals surface area contributed by atoms with Gasteiger partial charge in [-0.25, -0.2) is 9.78 Å². The number of guanidine groups is 2. The van der Waals surface area contributed by atoms with Crippen LogP contribution in [0.15, 0.2) is 52.8 Å². The van der Waals surface area contributed by atoms with Crippen molar-refractivity contribution in [3.05, 3.63) is 54.1 Å². The smallest absolute Gasteiger partial charge is 0.326 e. The van der Waals surface area contributed by atoms with Crippen LogP contribution in [-0.2, 0) is 32.0 Å². The van der Waals surface area contributed by atoms with Crippen LogP contribution in [0.1, 0.15) is 36.9 Å². The van der Waals surface area contributed by atoms with Crippen molar-refractivity contribution in [2.75, 3.05) is 13.1 Å². The Hall–Kier alpha value is -5.19. The molecule has 0 aliphatic carbocycles. The van der Waals surface area contributed by atoms with E-state index in [2.05, 4.69) is 35.9 Å². The predicted molar refractivity (Wildman–Crippen MR) is 164 cm³/mol. The van der Waals surface area contributed by atoms with E-state index in [1.54, 1.807) is 30.3 Å². The summed E-state index contributed by atoms with van der Waals surface area (Å²) in [6.07, 6.45) is 3.95. The first-order valence-corrected chi connectivity index (χ1v) is 14.0. The maximum atomic E-state index is 13.5. The highest BCUT2D eigenvalue weighted by atomic mass is 16.4. The molecule has 0 radical (unpaired) electrons. The Kier molecular flexibility index (Phi) is 14.6. The number of imidazole rings is 1. The van der Waals surface area contributed by atoms with E-state index in [9.17, 15) is 24.3 Å². The molecule has 0 aliphatic heterocycles. The lowest BCUT2D eigenvalue weighted by molar-refractivity contribution is -0.142. The summed E-state index contributed by atoms with van der Waals surface area (Å²) in [4.78, 5) is 66.2. The lowest BCUT2D eigenvalue weighted by atomic mass is 10.0. The fraction of sp³-hybridized carbons (Fsp3) is 0.444. The number of H-pyrrole nitrogens is 1. The number of carbonyl (C=O) groups excluding carboxylic acids is 3. The average molecular weight is 615 g/mol. The summed E-state index contributed by atoms with van der Waals surface area (Å²) in [5.74, 6) is -3.51. The molecule has 1 heterocycles. The number of aromatic nitrogens is 2. The number of benzene rings is 1. The van der Waals surface area contributed by atoms with Crippen molar-refractivity contribution in [1.29, 1.82) is 0 Å². The number of carbonyl (C=O) groups is 4. The maximum absolute atomic E-state index is 13.5. The Balaban J connectivity index is 2.21. The first kappa shape index (κ1) is 35.0. The van der Waals surface area contributed by atoms with Crippen LogP contribution < -0.4 is 44.6 Å². The zero-order valence-corrected chi connectivity index (χ0v) is 24.3. The molecule has 4 unspecified atom stereocenters. The van der Waals surface area contributed by atoms with Crippen molar-refractivity contribution in [2.45, 2.75) is 62.7 Å². The zero-order valence-electron chi connectivity index (χ0n) is 24.3. The number of aromatic amines is 1. The van der Waals surface area contributed by atoms with Gasteiger partial charge < -0.3 is 54.7 Å². The molecule has 2 rings (SSSR count). The van der Waals surface area contributed by atoms with Crippen molar-refractivity contribution in [2.24, 2.45) is 38.7 Å². The Labute approximate surface area is 254 Å². The third kappa shape index (κ3) is 13.2. The van der Waals surface area contributed by atoms with Gasteiger partial charge in [-0.1, -0.05) is 30.3 Å². The first-order valence-electron chi connectivity index (χ1n) is 14.0. The number of aliphatic imine (C=N–C) groups is 2. The van der Waals surface area contributed by atoms with Gasteiger partial charge in [-0.2, -0.15) is 0 Å². The molecule has 4 atom stereocenters. The largest absolute Gasteiger partial charge is 0.480 e. The number of hydrogen-bond acceptors (Lipinski definition) is 8. The van der Waals surface area contributed by atoms with Gasteiger partial charge in [-0.05, 0) is 31.2 Å². The van der Waals surface area contributed by atoms with E-state index in [1.165, 1.54) is 12.5 Å². The number of carboxylic acid groups (broad SMARTS) is 1. The number of aliphatic carboxylic acids is 1. The molecule has 0 bridgehead atoms. The highest BCUT2D eigenvalue weighted by molar-refractivity contribution is 5.94. The SMILES string of the molecule is NC(N)=NCCCC(NC(=O)C(Cc1ccccc1)NC(=O)C(CCCN=C(N)N)NC(=O)C(N)Cc1cnc[nH]1)C(=O)O. The third-order valence-corrected chi connectivity index (χ3v) is 6.39. The topological polar surface area (TPSA) is 308 Å². The van der Waals surface area contributed by atoms with E-state index in [-0.39, 0.29) is 57.1 Å². The summed E-state index contributed by atoms with van der Waals surface area (Å²) in [5.41, 5.74) is 28.8. The van der Waals surface area contributed by atoms with Crippen molar-refractivity contribution < 1.29 is 24.3 Å². The lowest BCUT2D eigenvalue weighted by Gasteiger charge is -2.25. The lowest BCUT2D eigenvalue weighted by Crippen LogP contribution is -2.57. The Morgan fingerprint density at radius 2 is 1.34 bits per heavy atom. The van der Waals surface area contributed by atoms with Crippen LogP contribution in [0.2, 0.25) is 0 Å². The molecule has 240 valence electrons. The zero-order chi connectivity index (χ0) is 32.5. The molecule has 44 heavy (non-hydrogen) atoms. The molecule has 2 aromatic rings. The van der Waals surface area contributed by atoms with Gasteiger partial charge >= 0.3 is 5.97 Å². The molecule has 1 aromatic carbocycles. The van der Waals surface area contributed by atoms with Crippen molar-refractivity contribution in [3.8, 4) is 0 Å². The van der Waals surface area contributed by atoms with E-state index in [1.807, 2.05) is 0 Å². The molecule has 17 nitrogen and oxygen atoms in total. The number of amides is 3. The van der Waals surface area contributed by atoms with Crippen LogP contribution in [0.25, 0.3) is 0 Å². The maximum Gasteiger partial charge on any atom is 0.326 e. The number of rotatable bonds is 19. The monoisotopic (exact) mass is 614 g/mol. The van der Waals surface area contributed by atoms with Crippen LogP contribution >= 0.6 is 0 Å². The predicted octanol–water partition coefficient (Wildman–Crippen LogP) is -2.83. The summed E-state index contributed by atoms with van der Waals surface area (Å²) < 4.78 is 0. The molecule has 0 fully saturated rings. The van der Waals surface area contributed by atoms with Crippen molar-refractivity contribution in [3.63, 3.8) is 0 Å². The molecule has 0 saturated carbocycles. The quantitative estimate of drug-likeness (QED) is 0.0436. The van der Waals surface area contributed by atoms with E-state index < -0.39 is 47.9 Å². The summed E-state index contributed by atoms with van der Waals surface area (Å²) in [7, 11) is 0. The number of nitrogens with zero attached hydrogens (tertiary/aromatic N) is 3. The number of nitrogens with two attached hydrogens (primary N) is 5. The Morgan fingerprint density at radius 1 is 0.795 bits per heavy atom. The molecule has 17 heteroatoms. The highest BCUT2D eigenvalue weighted by Crippen LogP contribution is 2.08. The van der Waals surface area contributed by atoms with Crippen molar-refractivity contribution in [1.82, 2.24) is 25.9 Å². The molecular formula is C27H42N12O5. The second-order valence-corrected chi connectivity index (χ2v) is 10.00. The van der Waals surface area contributed by atoms with Gasteiger partial charge in [-0.15, -0.1) is 0 Å².